The summed E-state index contributed by atoms with van der Waals surface area (Å²) in [6.07, 6.45) is 0.969. The zero-order valence-corrected chi connectivity index (χ0v) is 15.0. The van der Waals surface area contributed by atoms with Gasteiger partial charge in [-0.15, -0.1) is 0 Å². The molecule has 0 aliphatic carbocycles. The molecular weight excluding hydrogens is 346 g/mol. The van der Waals surface area contributed by atoms with Crippen LogP contribution < -0.4 is 0 Å². The molecule has 1 aliphatic heterocycles. The first-order valence-corrected chi connectivity index (χ1v) is 10.8. The number of nitrogens with zero attached hydrogens (tertiary/aromatic N) is 1. The van der Waals surface area contributed by atoms with Gasteiger partial charge in [-0.3, -0.25) is 0 Å². The standard InChI is InChI=1S/C14H20ClNO4S2/c1-3-7-16(13-6-8-21(17,18)10-13)22(19,20)14-9-12(15)5-4-11(14)2/h4-5,9,13H,3,6-8,10H2,1-2H3/t13-/m0/s1. The molecule has 22 heavy (non-hydrogen) atoms. The Morgan fingerprint density at radius 1 is 1.36 bits per heavy atom. The maximum Gasteiger partial charge on any atom is 0.243 e. The van der Waals surface area contributed by atoms with Gasteiger partial charge in [-0.05, 0) is 37.5 Å². The largest absolute Gasteiger partial charge is 0.243 e. The Morgan fingerprint density at radius 2 is 2.05 bits per heavy atom. The number of sulfonamides is 1. The number of benzene rings is 1. The smallest absolute Gasteiger partial charge is 0.229 e. The topological polar surface area (TPSA) is 71.5 Å². The summed E-state index contributed by atoms with van der Waals surface area (Å²) >= 11 is 5.93. The molecule has 0 unspecified atom stereocenters. The van der Waals surface area contributed by atoms with Gasteiger partial charge in [-0.25, -0.2) is 16.8 Å². The predicted octanol–water partition coefficient (Wildman–Crippen LogP) is 2.24. The summed E-state index contributed by atoms with van der Waals surface area (Å²) in [6.45, 7) is 3.88. The highest BCUT2D eigenvalue weighted by molar-refractivity contribution is 7.92. The molecular formula is C14H20ClNO4S2. The second-order valence-corrected chi connectivity index (χ2v) is 10.1. The summed E-state index contributed by atoms with van der Waals surface area (Å²) in [6, 6.07) is 4.23. The number of sulfone groups is 1. The second-order valence-electron chi connectivity index (χ2n) is 5.58. The summed E-state index contributed by atoms with van der Waals surface area (Å²) in [4.78, 5) is 0.151. The van der Waals surface area contributed by atoms with Gasteiger partial charge in [0.1, 0.15) is 0 Å². The molecule has 2 rings (SSSR count). The van der Waals surface area contributed by atoms with Crippen LogP contribution in [0.2, 0.25) is 5.02 Å². The molecule has 1 atom stereocenters. The summed E-state index contributed by atoms with van der Waals surface area (Å²) in [5.41, 5.74) is 0.603. The fourth-order valence-corrected chi connectivity index (χ4v) is 6.76. The summed E-state index contributed by atoms with van der Waals surface area (Å²) in [5, 5.41) is 0.347. The van der Waals surface area contributed by atoms with Crippen LogP contribution in [0.15, 0.2) is 23.1 Å². The third-order valence-electron chi connectivity index (χ3n) is 3.80. The Kier molecular flexibility index (Phi) is 5.21. The molecule has 0 saturated carbocycles. The highest BCUT2D eigenvalue weighted by atomic mass is 35.5. The predicted molar refractivity (Wildman–Crippen MR) is 87.4 cm³/mol. The van der Waals surface area contributed by atoms with Crippen LogP contribution in [0.1, 0.15) is 25.3 Å². The average molecular weight is 366 g/mol. The van der Waals surface area contributed by atoms with Crippen LogP contribution in [0, 0.1) is 6.92 Å². The van der Waals surface area contributed by atoms with Gasteiger partial charge in [0.15, 0.2) is 9.84 Å². The van der Waals surface area contributed by atoms with E-state index in [0.717, 1.165) is 0 Å². The Morgan fingerprint density at radius 3 is 2.59 bits per heavy atom. The lowest BCUT2D eigenvalue weighted by atomic mass is 10.2. The molecule has 0 radical (unpaired) electrons. The van der Waals surface area contributed by atoms with Crippen molar-refractivity contribution in [2.24, 2.45) is 0 Å². The van der Waals surface area contributed by atoms with E-state index >= 15 is 0 Å². The molecule has 8 heteroatoms. The lowest BCUT2D eigenvalue weighted by molar-refractivity contribution is 0.340. The van der Waals surface area contributed by atoms with Crippen LogP contribution >= 0.6 is 11.6 Å². The molecule has 0 spiro atoms. The Labute approximate surface area is 137 Å². The first-order valence-electron chi connectivity index (χ1n) is 7.16. The second kappa shape index (κ2) is 6.47. The highest BCUT2D eigenvalue weighted by Gasteiger charge is 2.38. The van der Waals surface area contributed by atoms with E-state index in [1.807, 2.05) is 6.92 Å². The molecule has 1 aromatic carbocycles. The van der Waals surface area contributed by atoms with Crippen molar-refractivity contribution < 1.29 is 16.8 Å². The molecule has 1 aromatic rings. The van der Waals surface area contributed by atoms with Gasteiger partial charge in [-0.1, -0.05) is 24.6 Å². The minimum Gasteiger partial charge on any atom is -0.229 e. The lowest BCUT2D eigenvalue weighted by Crippen LogP contribution is -2.41. The van der Waals surface area contributed by atoms with Crippen molar-refractivity contribution in [1.29, 1.82) is 0 Å². The van der Waals surface area contributed by atoms with Crippen molar-refractivity contribution in [3.05, 3.63) is 28.8 Å². The van der Waals surface area contributed by atoms with E-state index < -0.39 is 25.9 Å². The molecule has 1 saturated heterocycles. The molecule has 1 heterocycles. The third-order valence-corrected chi connectivity index (χ3v) is 7.88. The SMILES string of the molecule is CCCN([C@H]1CCS(=O)(=O)C1)S(=O)(=O)c1cc(Cl)ccc1C. The fraction of sp³-hybridized carbons (Fsp3) is 0.571. The monoisotopic (exact) mass is 365 g/mol. The van der Waals surface area contributed by atoms with E-state index in [-0.39, 0.29) is 16.4 Å². The van der Waals surface area contributed by atoms with E-state index in [0.29, 0.717) is 30.0 Å². The Hall–Kier alpha value is -0.630. The molecule has 0 bridgehead atoms. The quantitative estimate of drug-likeness (QED) is 0.802. The first-order chi connectivity index (χ1) is 10.2. The van der Waals surface area contributed by atoms with Crippen molar-refractivity contribution >= 4 is 31.5 Å². The lowest BCUT2D eigenvalue weighted by Gasteiger charge is -2.27. The third kappa shape index (κ3) is 3.64. The van der Waals surface area contributed by atoms with Crippen LogP contribution in [0.3, 0.4) is 0 Å². The van der Waals surface area contributed by atoms with Crippen LogP contribution in [0.25, 0.3) is 0 Å². The van der Waals surface area contributed by atoms with E-state index in [1.54, 1.807) is 19.1 Å². The first kappa shape index (κ1) is 17.7. The number of halogens is 1. The molecule has 0 amide bonds. The summed E-state index contributed by atoms with van der Waals surface area (Å²) in [5.74, 6) is -0.0617. The fourth-order valence-electron chi connectivity index (χ4n) is 2.70. The average Bonchev–Trinajstić information content (AvgIpc) is 2.78. The maximum atomic E-state index is 13.0. The molecule has 124 valence electrons. The van der Waals surface area contributed by atoms with Crippen LogP contribution in [-0.2, 0) is 19.9 Å². The van der Waals surface area contributed by atoms with E-state index in [9.17, 15) is 16.8 Å². The number of aryl methyl sites for hydroxylation is 1. The van der Waals surface area contributed by atoms with Crippen LogP contribution in [0.5, 0.6) is 0 Å². The minimum atomic E-state index is -3.77. The number of hydrogen-bond donors (Lipinski definition) is 0. The van der Waals surface area contributed by atoms with Crippen molar-refractivity contribution in [1.82, 2.24) is 4.31 Å². The molecule has 0 N–H and O–H groups in total. The molecule has 5 nitrogen and oxygen atoms in total. The van der Waals surface area contributed by atoms with E-state index in [1.165, 1.54) is 10.4 Å². The normalized spacial score (nSPS) is 21.4. The van der Waals surface area contributed by atoms with Crippen LogP contribution in [-0.4, -0.2) is 45.2 Å². The maximum absolute atomic E-state index is 13.0. The molecule has 0 aromatic heterocycles. The molecule has 1 fully saturated rings. The van der Waals surface area contributed by atoms with E-state index in [4.69, 9.17) is 11.6 Å². The van der Waals surface area contributed by atoms with Crippen LogP contribution in [0.4, 0.5) is 0 Å². The number of rotatable bonds is 5. The van der Waals surface area contributed by atoms with Crippen molar-refractivity contribution in [2.45, 2.75) is 37.6 Å². The van der Waals surface area contributed by atoms with Crippen molar-refractivity contribution in [3.63, 3.8) is 0 Å². The van der Waals surface area contributed by atoms with Gasteiger partial charge in [0.25, 0.3) is 0 Å². The Balaban J connectivity index is 2.45. The summed E-state index contributed by atoms with van der Waals surface area (Å²) in [7, 11) is -6.92. The van der Waals surface area contributed by atoms with Gasteiger partial charge in [-0.2, -0.15) is 4.31 Å². The minimum absolute atomic E-state index is 0.0436. The van der Waals surface area contributed by atoms with E-state index in [2.05, 4.69) is 0 Å². The zero-order valence-electron chi connectivity index (χ0n) is 12.6. The zero-order chi connectivity index (χ0) is 16.5. The van der Waals surface area contributed by atoms with Gasteiger partial charge >= 0.3 is 0 Å². The van der Waals surface area contributed by atoms with Crippen molar-refractivity contribution in [3.8, 4) is 0 Å². The Bertz CT molecular complexity index is 759. The summed E-state index contributed by atoms with van der Waals surface area (Å²) < 4.78 is 50.6. The number of hydrogen-bond acceptors (Lipinski definition) is 4. The van der Waals surface area contributed by atoms with Gasteiger partial charge < -0.3 is 0 Å². The highest BCUT2D eigenvalue weighted by Crippen LogP contribution is 2.28. The van der Waals surface area contributed by atoms with Crippen molar-refractivity contribution in [2.75, 3.05) is 18.1 Å². The molecule has 1 aliphatic rings. The van der Waals surface area contributed by atoms with Gasteiger partial charge in [0, 0.05) is 17.6 Å². The van der Waals surface area contributed by atoms with Gasteiger partial charge in [0.2, 0.25) is 10.0 Å². The van der Waals surface area contributed by atoms with Gasteiger partial charge in [0.05, 0.1) is 16.4 Å².